The summed E-state index contributed by atoms with van der Waals surface area (Å²) >= 11 is 0. The van der Waals surface area contributed by atoms with Gasteiger partial charge < -0.3 is 15.2 Å². The lowest BCUT2D eigenvalue weighted by Crippen LogP contribution is -2.60. The lowest BCUT2D eigenvalue weighted by atomic mass is 9.84. The number of hydrogen-bond acceptors (Lipinski definition) is 7. The smallest absolute Gasteiger partial charge is 0.269 e. The summed E-state index contributed by atoms with van der Waals surface area (Å²) in [5.74, 6) is -0.431. The van der Waals surface area contributed by atoms with Crippen LogP contribution in [0, 0.1) is 16.0 Å². The first-order chi connectivity index (χ1) is 17.9. The number of hydrogen-bond donors (Lipinski definition) is 2. The third-order valence-electron chi connectivity index (χ3n) is 7.13. The summed E-state index contributed by atoms with van der Waals surface area (Å²) in [4.78, 5) is 23.8. The van der Waals surface area contributed by atoms with E-state index in [2.05, 4.69) is 5.32 Å². The third kappa shape index (κ3) is 6.23. The van der Waals surface area contributed by atoms with Gasteiger partial charge in [0, 0.05) is 31.8 Å². The van der Waals surface area contributed by atoms with E-state index in [1.165, 1.54) is 16.4 Å². The number of non-ortho nitro benzene ring substituents is 1. The summed E-state index contributed by atoms with van der Waals surface area (Å²) in [5.41, 5.74) is -1.95. The molecule has 1 aliphatic heterocycles. The molecule has 0 saturated carbocycles. The summed E-state index contributed by atoms with van der Waals surface area (Å²) in [6.45, 7) is 7.51. The second-order valence-corrected chi connectivity index (χ2v) is 12.2. The number of rotatable bonds is 12. The van der Waals surface area contributed by atoms with E-state index in [0.29, 0.717) is 25.0 Å². The van der Waals surface area contributed by atoms with Gasteiger partial charge in [-0.3, -0.25) is 14.9 Å². The maximum Gasteiger partial charge on any atom is 0.269 e. The number of nitro groups is 1. The molecule has 2 aromatic rings. The minimum atomic E-state index is -4.12. The number of nitrogens with zero attached hydrogens (tertiary/aromatic N) is 2. The average Bonchev–Trinajstić information content (AvgIpc) is 3.39. The van der Waals surface area contributed by atoms with Gasteiger partial charge in [0.1, 0.15) is 5.60 Å². The number of aliphatic hydroxyl groups excluding tert-OH is 1. The van der Waals surface area contributed by atoms with Gasteiger partial charge in [0.2, 0.25) is 10.0 Å². The molecule has 1 aliphatic rings. The van der Waals surface area contributed by atoms with Gasteiger partial charge in [-0.2, -0.15) is 4.31 Å². The van der Waals surface area contributed by atoms with Gasteiger partial charge in [-0.05, 0) is 49.8 Å². The molecule has 0 aromatic heterocycles. The molecule has 0 aliphatic carbocycles. The van der Waals surface area contributed by atoms with Crippen LogP contribution in [0.3, 0.4) is 0 Å². The van der Waals surface area contributed by atoms with Crippen molar-refractivity contribution in [2.24, 2.45) is 5.92 Å². The molecule has 0 spiro atoms. The van der Waals surface area contributed by atoms with Crippen molar-refractivity contribution in [3.63, 3.8) is 0 Å². The van der Waals surface area contributed by atoms with E-state index < -0.39 is 32.2 Å². The van der Waals surface area contributed by atoms with Crippen LogP contribution < -0.4 is 5.32 Å². The Labute approximate surface area is 224 Å². The Hall–Kier alpha value is -2.86. The van der Waals surface area contributed by atoms with Crippen molar-refractivity contribution >= 4 is 21.6 Å². The van der Waals surface area contributed by atoms with E-state index in [9.17, 15) is 28.4 Å². The number of nitrogens with one attached hydrogen (secondary N) is 1. The number of carbonyl (C=O) groups excluding carboxylic acids is 1. The quantitative estimate of drug-likeness (QED) is 0.306. The van der Waals surface area contributed by atoms with Gasteiger partial charge >= 0.3 is 0 Å². The van der Waals surface area contributed by atoms with Gasteiger partial charge in [-0.15, -0.1) is 0 Å². The minimum absolute atomic E-state index is 0.0807. The molecular weight excluding hydrogens is 510 g/mol. The summed E-state index contributed by atoms with van der Waals surface area (Å²) in [7, 11) is -4.12. The second-order valence-electron chi connectivity index (χ2n) is 10.3. The zero-order chi connectivity index (χ0) is 28.1. The maximum atomic E-state index is 13.6. The van der Waals surface area contributed by atoms with Gasteiger partial charge in [0.05, 0.1) is 21.5 Å². The van der Waals surface area contributed by atoms with Crippen molar-refractivity contribution in [3.8, 4) is 0 Å². The Morgan fingerprint density at radius 1 is 1.18 bits per heavy atom. The Morgan fingerprint density at radius 2 is 1.82 bits per heavy atom. The molecule has 1 fully saturated rings. The molecule has 2 aromatic carbocycles. The Balaban J connectivity index is 1.97. The molecule has 2 N–H and O–H groups in total. The number of ether oxygens (including phenoxy) is 1. The third-order valence-corrected chi connectivity index (χ3v) is 8.98. The fourth-order valence-electron chi connectivity index (χ4n) is 4.74. The molecule has 208 valence electrons. The van der Waals surface area contributed by atoms with E-state index >= 15 is 0 Å². The number of carbonyl (C=O) groups is 1. The highest BCUT2D eigenvalue weighted by Crippen LogP contribution is 2.33. The van der Waals surface area contributed by atoms with Crippen molar-refractivity contribution in [1.82, 2.24) is 9.62 Å². The molecule has 10 nitrogen and oxygen atoms in total. The van der Waals surface area contributed by atoms with Gasteiger partial charge in [0.25, 0.3) is 11.6 Å². The topological polar surface area (TPSA) is 139 Å². The zero-order valence-corrected chi connectivity index (χ0v) is 23.1. The minimum Gasteiger partial charge on any atom is -0.389 e. The van der Waals surface area contributed by atoms with E-state index in [1.807, 2.05) is 26.8 Å². The molecule has 1 saturated heterocycles. The fraction of sp³-hybridized carbons (Fsp3) is 0.519. The van der Waals surface area contributed by atoms with Crippen LogP contribution in [0.5, 0.6) is 0 Å². The number of amides is 1. The SMILES string of the molecule is CCC1(C(=O)N[C@@](C)(c2ccccc2)[C@@H](O)CN(CC(C)C)S(=O)(=O)c2ccc([N+](=O)[O-])cc2)CCCO1. The number of sulfonamides is 1. The molecule has 1 amide bonds. The highest BCUT2D eigenvalue weighted by Gasteiger charge is 2.47. The monoisotopic (exact) mass is 547 g/mol. The van der Waals surface area contributed by atoms with Crippen LogP contribution in [0.25, 0.3) is 0 Å². The Morgan fingerprint density at radius 3 is 2.32 bits per heavy atom. The molecule has 3 rings (SSSR count). The highest BCUT2D eigenvalue weighted by molar-refractivity contribution is 7.89. The van der Waals surface area contributed by atoms with Crippen molar-refractivity contribution in [3.05, 3.63) is 70.3 Å². The molecule has 0 bridgehead atoms. The van der Waals surface area contributed by atoms with Crippen LogP contribution in [0.4, 0.5) is 5.69 Å². The molecule has 3 atom stereocenters. The molecule has 1 unspecified atom stereocenters. The number of benzene rings is 2. The lowest BCUT2D eigenvalue weighted by Gasteiger charge is -2.40. The van der Waals surface area contributed by atoms with E-state index in [-0.39, 0.29) is 35.5 Å². The summed E-state index contributed by atoms with van der Waals surface area (Å²) in [6.07, 6.45) is 0.440. The van der Waals surface area contributed by atoms with Crippen molar-refractivity contribution < 1.29 is 28.0 Å². The summed E-state index contributed by atoms with van der Waals surface area (Å²) < 4.78 is 34.2. The molecule has 11 heteroatoms. The first kappa shape index (κ1) is 29.7. The number of nitro benzene ring substituents is 1. The Kier molecular flexibility index (Phi) is 9.30. The molecular formula is C27H37N3O7S. The van der Waals surface area contributed by atoms with Gasteiger partial charge in [-0.1, -0.05) is 51.1 Å². The highest BCUT2D eigenvalue weighted by atomic mass is 32.2. The second kappa shape index (κ2) is 11.9. The number of aliphatic hydroxyl groups is 1. The fourth-order valence-corrected chi connectivity index (χ4v) is 6.35. The predicted molar refractivity (Wildman–Crippen MR) is 143 cm³/mol. The molecule has 0 radical (unpaired) electrons. The zero-order valence-electron chi connectivity index (χ0n) is 22.3. The molecule has 1 heterocycles. The van der Waals surface area contributed by atoms with E-state index in [1.54, 1.807) is 31.2 Å². The van der Waals surface area contributed by atoms with Crippen LogP contribution in [-0.4, -0.2) is 60.1 Å². The first-order valence-corrected chi connectivity index (χ1v) is 14.2. The van der Waals surface area contributed by atoms with E-state index in [4.69, 9.17) is 4.74 Å². The van der Waals surface area contributed by atoms with Crippen molar-refractivity contribution in [1.29, 1.82) is 0 Å². The lowest BCUT2D eigenvalue weighted by molar-refractivity contribution is -0.384. The van der Waals surface area contributed by atoms with Crippen LogP contribution in [0.1, 0.15) is 52.5 Å². The first-order valence-electron chi connectivity index (χ1n) is 12.8. The Bertz CT molecular complexity index is 1210. The normalized spacial score (nSPS) is 20.3. The van der Waals surface area contributed by atoms with Crippen LogP contribution in [-0.2, 0) is 25.1 Å². The van der Waals surface area contributed by atoms with Crippen LogP contribution in [0.2, 0.25) is 0 Å². The van der Waals surface area contributed by atoms with Gasteiger partial charge in [0.15, 0.2) is 0 Å². The summed E-state index contributed by atoms with van der Waals surface area (Å²) in [5, 5.41) is 25.7. The standard InChI is InChI=1S/C27H37N3O7S/c1-5-27(16-9-17-37-27)25(32)28-26(4,21-10-7-6-8-11-21)24(31)19-29(18-20(2)3)38(35,36)23-14-12-22(13-15-23)30(33)34/h6-8,10-15,20,24,31H,5,9,16-19H2,1-4H3,(H,28,32)/t24-,26-,27?/m0/s1. The average molecular weight is 548 g/mol. The largest absolute Gasteiger partial charge is 0.389 e. The van der Waals surface area contributed by atoms with Crippen LogP contribution in [0.15, 0.2) is 59.5 Å². The molecule has 38 heavy (non-hydrogen) atoms. The van der Waals surface area contributed by atoms with Crippen molar-refractivity contribution in [2.75, 3.05) is 19.7 Å². The maximum absolute atomic E-state index is 13.6. The van der Waals surface area contributed by atoms with Crippen molar-refractivity contribution in [2.45, 2.75) is 69.1 Å². The van der Waals surface area contributed by atoms with Gasteiger partial charge in [-0.25, -0.2) is 8.42 Å². The summed E-state index contributed by atoms with van der Waals surface area (Å²) in [6, 6.07) is 13.6. The van der Waals surface area contributed by atoms with Crippen LogP contribution >= 0.6 is 0 Å². The predicted octanol–water partition coefficient (Wildman–Crippen LogP) is 3.59. The van der Waals surface area contributed by atoms with E-state index in [0.717, 1.165) is 18.6 Å².